The Kier molecular flexibility index (Phi) is 4.81. The molecule has 0 amide bonds. The molecule has 1 rings (SSSR count). The molecule has 3 N–H and O–H groups in total. The molecule has 1 aromatic rings. The Hall–Kier alpha value is -1.27. The van der Waals surface area contributed by atoms with Gasteiger partial charge in [-0.1, -0.05) is 20.8 Å². The Morgan fingerprint density at radius 1 is 1.37 bits per heavy atom. The van der Waals surface area contributed by atoms with Crippen LogP contribution in [0.5, 0.6) is 5.75 Å². The van der Waals surface area contributed by atoms with Crippen molar-refractivity contribution >= 4 is 15.7 Å². The van der Waals surface area contributed by atoms with E-state index >= 15 is 0 Å². The molecule has 0 aliphatic carbocycles. The summed E-state index contributed by atoms with van der Waals surface area (Å²) in [6, 6.07) is 4.50. The van der Waals surface area contributed by atoms with Crippen molar-refractivity contribution < 1.29 is 13.2 Å². The lowest BCUT2D eigenvalue weighted by Gasteiger charge is -2.23. The number of ether oxygens (including phenoxy) is 1. The average Bonchev–Trinajstić information content (AvgIpc) is 2.36. The Morgan fingerprint density at radius 3 is 2.53 bits per heavy atom. The smallest absolute Gasteiger partial charge is 0.244 e. The number of anilines is 1. The van der Waals surface area contributed by atoms with Crippen LogP contribution in [0.1, 0.15) is 27.2 Å². The van der Waals surface area contributed by atoms with Gasteiger partial charge in [-0.15, -0.1) is 0 Å². The Balaban J connectivity index is 3.01. The van der Waals surface area contributed by atoms with Crippen LogP contribution in [0.15, 0.2) is 23.1 Å². The number of hydrogen-bond acceptors (Lipinski definition) is 4. The summed E-state index contributed by atoms with van der Waals surface area (Å²) in [7, 11) is -2.17. The molecule has 1 aromatic carbocycles. The van der Waals surface area contributed by atoms with Crippen molar-refractivity contribution in [2.75, 3.05) is 19.4 Å². The molecule has 0 radical (unpaired) electrons. The van der Waals surface area contributed by atoms with E-state index in [1.54, 1.807) is 6.07 Å². The van der Waals surface area contributed by atoms with E-state index in [2.05, 4.69) is 4.72 Å². The van der Waals surface area contributed by atoms with Crippen molar-refractivity contribution in [3.8, 4) is 5.75 Å². The molecule has 19 heavy (non-hydrogen) atoms. The summed E-state index contributed by atoms with van der Waals surface area (Å²) in [6.07, 6.45) is 0.883. The molecule has 0 atom stereocenters. The summed E-state index contributed by atoms with van der Waals surface area (Å²) in [5.41, 5.74) is 5.99. The number of methoxy groups -OCH3 is 1. The predicted molar refractivity (Wildman–Crippen MR) is 76.7 cm³/mol. The van der Waals surface area contributed by atoms with Crippen LogP contribution >= 0.6 is 0 Å². The fourth-order valence-corrected chi connectivity index (χ4v) is 2.79. The molecule has 0 unspecified atom stereocenters. The minimum Gasteiger partial charge on any atom is -0.495 e. The maximum Gasteiger partial charge on any atom is 0.244 e. The molecule has 0 saturated heterocycles. The van der Waals surface area contributed by atoms with Crippen molar-refractivity contribution in [3.63, 3.8) is 0 Å². The van der Waals surface area contributed by atoms with Crippen LogP contribution in [-0.4, -0.2) is 22.1 Å². The molecule has 6 heteroatoms. The second-order valence-electron chi connectivity index (χ2n) is 5.25. The van der Waals surface area contributed by atoms with Gasteiger partial charge in [-0.3, -0.25) is 0 Å². The highest BCUT2D eigenvalue weighted by Gasteiger charge is 2.23. The largest absolute Gasteiger partial charge is 0.495 e. The van der Waals surface area contributed by atoms with Crippen molar-refractivity contribution in [2.45, 2.75) is 32.1 Å². The molecule has 0 aromatic heterocycles. The van der Waals surface area contributed by atoms with Crippen LogP contribution in [0.3, 0.4) is 0 Å². The second-order valence-corrected chi connectivity index (χ2v) is 6.99. The van der Waals surface area contributed by atoms with Gasteiger partial charge in [0, 0.05) is 18.3 Å². The quantitative estimate of drug-likeness (QED) is 0.784. The normalized spacial score (nSPS) is 12.4. The monoisotopic (exact) mass is 286 g/mol. The molecule has 5 nitrogen and oxygen atoms in total. The van der Waals surface area contributed by atoms with Crippen LogP contribution in [0.4, 0.5) is 5.69 Å². The molecule has 0 aliphatic heterocycles. The van der Waals surface area contributed by atoms with Gasteiger partial charge in [0.2, 0.25) is 10.0 Å². The summed E-state index contributed by atoms with van der Waals surface area (Å²) in [5, 5.41) is 0. The van der Waals surface area contributed by atoms with Crippen molar-refractivity contribution in [2.24, 2.45) is 5.41 Å². The van der Waals surface area contributed by atoms with Gasteiger partial charge in [-0.2, -0.15) is 0 Å². The molecule has 0 fully saturated rings. The van der Waals surface area contributed by atoms with Gasteiger partial charge >= 0.3 is 0 Å². The van der Waals surface area contributed by atoms with Crippen LogP contribution in [0.25, 0.3) is 0 Å². The fraction of sp³-hybridized carbons (Fsp3) is 0.538. The van der Waals surface area contributed by atoms with E-state index in [-0.39, 0.29) is 16.1 Å². The Bertz CT molecular complexity index is 539. The predicted octanol–water partition coefficient (Wildman–Crippen LogP) is 1.99. The minimum atomic E-state index is -3.59. The zero-order valence-electron chi connectivity index (χ0n) is 11.9. The number of sulfonamides is 1. The molecular formula is C13H22N2O3S. The summed E-state index contributed by atoms with van der Waals surface area (Å²) in [4.78, 5) is 0.108. The maximum absolute atomic E-state index is 12.3. The van der Waals surface area contributed by atoms with Gasteiger partial charge in [0.1, 0.15) is 10.6 Å². The number of rotatable bonds is 6. The van der Waals surface area contributed by atoms with E-state index in [1.165, 1.54) is 19.2 Å². The van der Waals surface area contributed by atoms with Gasteiger partial charge in [0.15, 0.2) is 0 Å². The van der Waals surface area contributed by atoms with Gasteiger partial charge in [0.25, 0.3) is 0 Å². The lowest BCUT2D eigenvalue weighted by atomic mass is 9.91. The average molecular weight is 286 g/mol. The van der Waals surface area contributed by atoms with Crippen LogP contribution in [-0.2, 0) is 10.0 Å². The first kappa shape index (κ1) is 15.8. The Labute approximate surface area is 115 Å². The molecule has 0 saturated carbocycles. The van der Waals surface area contributed by atoms with E-state index in [9.17, 15) is 8.42 Å². The lowest BCUT2D eigenvalue weighted by molar-refractivity contribution is 0.349. The summed E-state index contributed by atoms with van der Waals surface area (Å²) in [5.74, 6) is 0.252. The first-order valence-corrected chi connectivity index (χ1v) is 7.63. The van der Waals surface area contributed by atoms with Crippen LogP contribution in [0, 0.1) is 5.41 Å². The highest BCUT2D eigenvalue weighted by molar-refractivity contribution is 7.89. The Morgan fingerprint density at radius 2 is 2.00 bits per heavy atom. The molecule has 0 spiro atoms. The van der Waals surface area contributed by atoms with E-state index in [0.29, 0.717) is 12.2 Å². The number of nitrogens with one attached hydrogen (secondary N) is 1. The molecule has 0 heterocycles. The standard InChI is InChI=1S/C13H22N2O3S/c1-5-13(2,3)9-15-19(16,17)12-7-6-10(14)8-11(12)18-4/h6-8,15H,5,9,14H2,1-4H3. The topological polar surface area (TPSA) is 81.4 Å². The number of benzene rings is 1. The first-order valence-electron chi connectivity index (χ1n) is 6.15. The number of nitrogens with two attached hydrogens (primary N) is 1. The van der Waals surface area contributed by atoms with E-state index in [0.717, 1.165) is 6.42 Å². The van der Waals surface area contributed by atoms with E-state index in [1.807, 2.05) is 20.8 Å². The van der Waals surface area contributed by atoms with Crippen LogP contribution < -0.4 is 15.2 Å². The van der Waals surface area contributed by atoms with Gasteiger partial charge in [-0.05, 0) is 24.0 Å². The maximum atomic E-state index is 12.3. The molecule has 0 aliphatic rings. The highest BCUT2D eigenvalue weighted by atomic mass is 32.2. The molecule has 0 bridgehead atoms. The lowest BCUT2D eigenvalue weighted by Crippen LogP contribution is -2.33. The van der Waals surface area contributed by atoms with Gasteiger partial charge in [-0.25, -0.2) is 13.1 Å². The summed E-state index contributed by atoms with van der Waals surface area (Å²) >= 11 is 0. The first-order chi connectivity index (χ1) is 8.72. The zero-order chi connectivity index (χ0) is 14.7. The second kappa shape index (κ2) is 5.79. The zero-order valence-corrected chi connectivity index (χ0v) is 12.7. The van der Waals surface area contributed by atoms with Crippen LogP contribution in [0.2, 0.25) is 0 Å². The molecular weight excluding hydrogens is 264 g/mol. The minimum absolute atomic E-state index is 0.0892. The van der Waals surface area contributed by atoms with E-state index < -0.39 is 10.0 Å². The number of nitrogen functional groups attached to an aromatic ring is 1. The van der Waals surface area contributed by atoms with Gasteiger partial charge in [0.05, 0.1) is 7.11 Å². The SMILES string of the molecule is CCC(C)(C)CNS(=O)(=O)c1ccc(N)cc1OC. The molecule has 108 valence electrons. The fourth-order valence-electron chi connectivity index (χ4n) is 1.40. The summed E-state index contributed by atoms with van der Waals surface area (Å²) < 4.78 is 32.2. The third-order valence-electron chi connectivity index (χ3n) is 3.18. The van der Waals surface area contributed by atoms with E-state index in [4.69, 9.17) is 10.5 Å². The number of hydrogen-bond donors (Lipinski definition) is 2. The highest BCUT2D eigenvalue weighted by Crippen LogP contribution is 2.26. The third-order valence-corrected chi connectivity index (χ3v) is 4.62. The third kappa shape index (κ3) is 4.11. The van der Waals surface area contributed by atoms with Gasteiger partial charge < -0.3 is 10.5 Å². The summed E-state index contributed by atoms with van der Waals surface area (Å²) in [6.45, 7) is 6.42. The van der Waals surface area contributed by atoms with Crippen molar-refractivity contribution in [1.82, 2.24) is 4.72 Å². The van der Waals surface area contributed by atoms with Crippen molar-refractivity contribution in [3.05, 3.63) is 18.2 Å². The van der Waals surface area contributed by atoms with Crippen molar-refractivity contribution in [1.29, 1.82) is 0 Å².